The molecule has 38 heavy (non-hydrogen) atoms. The molecule has 2 aromatic carbocycles. The average Bonchev–Trinajstić information content (AvgIpc) is 3.13. The van der Waals surface area contributed by atoms with Crippen LogP contribution in [-0.2, 0) is 0 Å². The first kappa shape index (κ1) is 25.1. The Balaban J connectivity index is 1.49. The average molecular weight is 547 g/mol. The van der Waals surface area contributed by atoms with Crippen molar-refractivity contribution >= 4 is 39.1 Å². The Labute approximate surface area is 220 Å². The summed E-state index contributed by atoms with van der Waals surface area (Å²) in [5, 5.41) is 12.5. The van der Waals surface area contributed by atoms with Crippen LogP contribution >= 0.6 is 11.6 Å². The number of nitrogens with zero attached hydrogens (tertiary/aromatic N) is 4. The lowest BCUT2D eigenvalue weighted by atomic mass is 9.98. The summed E-state index contributed by atoms with van der Waals surface area (Å²) in [6.45, 7) is 0.356. The predicted molar refractivity (Wildman–Crippen MR) is 136 cm³/mol. The third-order valence-corrected chi connectivity index (χ3v) is 7.67. The van der Waals surface area contributed by atoms with Crippen LogP contribution in [0.25, 0.3) is 32.9 Å². The van der Waals surface area contributed by atoms with E-state index in [1.807, 2.05) is 17.0 Å². The van der Waals surface area contributed by atoms with Gasteiger partial charge < -0.3 is 14.7 Å². The number of halogens is 5. The molecule has 2 aromatic heterocycles. The van der Waals surface area contributed by atoms with Crippen molar-refractivity contribution in [3.05, 3.63) is 53.4 Å². The minimum Gasteiger partial charge on any atom is -0.463 e. The van der Waals surface area contributed by atoms with Gasteiger partial charge in [-0.2, -0.15) is 23.1 Å². The zero-order chi connectivity index (χ0) is 26.6. The minimum atomic E-state index is -4.42. The zero-order valence-corrected chi connectivity index (χ0v) is 20.8. The minimum absolute atomic E-state index is 0.0104. The van der Waals surface area contributed by atoms with E-state index in [4.69, 9.17) is 16.3 Å². The van der Waals surface area contributed by atoms with Crippen molar-refractivity contribution in [2.24, 2.45) is 11.8 Å². The molecule has 11 heteroatoms. The quantitative estimate of drug-likeness (QED) is 0.302. The van der Waals surface area contributed by atoms with Crippen molar-refractivity contribution < 1.29 is 27.4 Å². The number of rotatable bonds is 5. The van der Waals surface area contributed by atoms with Crippen molar-refractivity contribution in [3.63, 3.8) is 0 Å². The molecule has 1 saturated carbocycles. The number of fused-ring (bicyclic) bond motifs is 4. The largest absolute Gasteiger partial charge is 0.463 e. The first-order chi connectivity index (χ1) is 18.2. The van der Waals surface area contributed by atoms with Crippen LogP contribution in [0.5, 0.6) is 6.01 Å². The number of hydrogen-bond acceptors (Lipinski definition) is 6. The van der Waals surface area contributed by atoms with E-state index in [2.05, 4.69) is 15.0 Å². The van der Waals surface area contributed by atoms with E-state index >= 15 is 4.39 Å². The molecular weight excluding hydrogens is 524 g/mol. The van der Waals surface area contributed by atoms with Crippen molar-refractivity contribution in [1.29, 1.82) is 0 Å². The van der Waals surface area contributed by atoms with Gasteiger partial charge in [-0.1, -0.05) is 41.9 Å². The Morgan fingerprint density at radius 2 is 1.87 bits per heavy atom. The van der Waals surface area contributed by atoms with Gasteiger partial charge in [0.2, 0.25) is 0 Å². The van der Waals surface area contributed by atoms with Crippen molar-refractivity contribution in [2.75, 3.05) is 24.6 Å². The van der Waals surface area contributed by atoms with Gasteiger partial charge in [-0.3, -0.25) is 4.98 Å². The van der Waals surface area contributed by atoms with Gasteiger partial charge in [-0.05, 0) is 30.2 Å². The zero-order valence-electron chi connectivity index (χ0n) is 20.1. The number of hydrogen-bond donors (Lipinski definition) is 1. The second kappa shape index (κ2) is 9.50. The summed E-state index contributed by atoms with van der Waals surface area (Å²) in [5.41, 5.74) is 0.368. The van der Waals surface area contributed by atoms with Gasteiger partial charge in [0.05, 0.1) is 17.9 Å². The molecular formula is C27H23ClF4N4O2. The van der Waals surface area contributed by atoms with Crippen LogP contribution in [0.15, 0.2) is 42.6 Å². The number of piperidine rings is 1. The number of aliphatic hydroxyl groups excluding tert-OH is 1. The van der Waals surface area contributed by atoms with Crippen molar-refractivity contribution in [2.45, 2.75) is 31.5 Å². The highest BCUT2D eigenvalue weighted by Crippen LogP contribution is 2.41. The monoisotopic (exact) mass is 546 g/mol. The van der Waals surface area contributed by atoms with E-state index in [1.165, 1.54) is 6.20 Å². The SMILES string of the molecule is O[C@@H]1C[C@H]2CC1CN(c1nc(OCCC(F)(F)F)nc3c(F)c(-c4cccc5cccc(Cl)c45)ncc13)C2. The fraction of sp³-hybridized carbons (Fsp3) is 0.370. The first-order valence-corrected chi connectivity index (χ1v) is 12.7. The summed E-state index contributed by atoms with van der Waals surface area (Å²) in [6.07, 6.45) is -3.02. The van der Waals surface area contributed by atoms with Gasteiger partial charge in [0.25, 0.3) is 0 Å². The fourth-order valence-corrected chi connectivity index (χ4v) is 5.95. The summed E-state index contributed by atoms with van der Waals surface area (Å²) in [6, 6.07) is 10.3. The van der Waals surface area contributed by atoms with Gasteiger partial charge >= 0.3 is 12.2 Å². The Bertz CT molecular complexity index is 1530. The van der Waals surface area contributed by atoms with Crippen LogP contribution in [-0.4, -0.2) is 52.0 Å². The maximum absolute atomic E-state index is 16.2. The number of ether oxygens (including phenoxy) is 1. The van der Waals surface area contributed by atoms with Crippen LogP contribution in [0.2, 0.25) is 5.02 Å². The molecule has 0 amide bonds. The first-order valence-electron chi connectivity index (χ1n) is 12.3. The molecule has 6 rings (SSSR count). The summed E-state index contributed by atoms with van der Waals surface area (Å²) < 4.78 is 59.7. The second-order valence-corrected chi connectivity index (χ2v) is 10.3. The number of pyridine rings is 1. The van der Waals surface area contributed by atoms with E-state index in [0.29, 0.717) is 46.7 Å². The Kier molecular flexibility index (Phi) is 6.26. The molecule has 2 aliphatic rings. The predicted octanol–water partition coefficient (Wildman–Crippen LogP) is 6.18. The maximum Gasteiger partial charge on any atom is 0.392 e. The highest BCUT2D eigenvalue weighted by atomic mass is 35.5. The molecule has 1 aliphatic heterocycles. The van der Waals surface area contributed by atoms with E-state index < -0.39 is 31.1 Å². The van der Waals surface area contributed by atoms with Gasteiger partial charge in [0.15, 0.2) is 5.82 Å². The van der Waals surface area contributed by atoms with Crippen LogP contribution in [0.4, 0.5) is 23.4 Å². The van der Waals surface area contributed by atoms with E-state index in [-0.39, 0.29) is 29.1 Å². The smallest absolute Gasteiger partial charge is 0.392 e. The summed E-state index contributed by atoms with van der Waals surface area (Å²) in [7, 11) is 0. The summed E-state index contributed by atoms with van der Waals surface area (Å²) in [5.74, 6) is -0.157. The molecule has 6 nitrogen and oxygen atoms in total. The molecule has 1 unspecified atom stereocenters. The van der Waals surface area contributed by atoms with Gasteiger partial charge in [-0.25, -0.2) is 4.39 Å². The topological polar surface area (TPSA) is 71.4 Å². The van der Waals surface area contributed by atoms with Gasteiger partial charge in [0.1, 0.15) is 23.6 Å². The number of aromatic nitrogens is 3. The lowest BCUT2D eigenvalue weighted by Gasteiger charge is -2.33. The highest BCUT2D eigenvalue weighted by Gasteiger charge is 2.40. The summed E-state index contributed by atoms with van der Waals surface area (Å²) >= 11 is 6.46. The number of alkyl halides is 3. The fourth-order valence-electron chi connectivity index (χ4n) is 5.67. The molecule has 2 bridgehead atoms. The molecule has 1 saturated heterocycles. The molecule has 4 aromatic rings. The standard InChI is InChI=1S/C27H23ClF4N4O2/c28-19-6-2-4-15-3-1-5-17(21(15)19)23-22(29)24-18(11-33-23)25(35-26(34-24)38-8-7-27(30,31)32)36-12-14-9-16(13-36)20(37)10-14/h1-6,11,14,16,20,37H,7-10,12-13H2/t14-,16?,20-/m1/s1. The highest BCUT2D eigenvalue weighted by molar-refractivity contribution is 6.36. The molecule has 3 heterocycles. The third-order valence-electron chi connectivity index (χ3n) is 7.36. The molecule has 3 atom stereocenters. The maximum atomic E-state index is 16.2. The second-order valence-electron chi connectivity index (χ2n) is 9.94. The van der Waals surface area contributed by atoms with E-state index in [1.54, 1.807) is 24.3 Å². The lowest BCUT2D eigenvalue weighted by Crippen LogP contribution is -2.38. The van der Waals surface area contributed by atoms with E-state index in [9.17, 15) is 18.3 Å². The van der Waals surface area contributed by atoms with Crippen molar-refractivity contribution in [3.8, 4) is 17.3 Å². The summed E-state index contributed by atoms with van der Waals surface area (Å²) in [4.78, 5) is 14.9. The van der Waals surface area contributed by atoms with Crippen LogP contribution in [0.1, 0.15) is 19.3 Å². The number of aliphatic hydroxyl groups is 1. The molecule has 0 radical (unpaired) electrons. The molecule has 1 N–H and O–H groups in total. The van der Waals surface area contributed by atoms with Crippen LogP contribution in [0.3, 0.4) is 0 Å². The normalized spacial score (nSPS) is 21.4. The van der Waals surface area contributed by atoms with Gasteiger partial charge in [-0.15, -0.1) is 0 Å². The van der Waals surface area contributed by atoms with Crippen LogP contribution < -0.4 is 9.64 Å². The molecule has 0 spiro atoms. The molecule has 2 fully saturated rings. The lowest BCUT2D eigenvalue weighted by molar-refractivity contribution is -0.139. The molecule has 1 aliphatic carbocycles. The Morgan fingerprint density at radius 1 is 1.08 bits per heavy atom. The Morgan fingerprint density at radius 3 is 2.63 bits per heavy atom. The van der Waals surface area contributed by atoms with Crippen LogP contribution in [0, 0.1) is 17.7 Å². The Hall–Kier alpha value is -3.24. The number of anilines is 1. The van der Waals surface area contributed by atoms with Gasteiger partial charge in [0, 0.05) is 41.2 Å². The van der Waals surface area contributed by atoms with Crippen molar-refractivity contribution in [1.82, 2.24) is 15.0 Å². The number of benzene rings is 2. The molecule has 198 valence electrons. The van der Waals surface area contributed by atoms with E-state index in [0.717, 1.165) is 11.8 Å². The third kappa shape index (κ3) is 4.60.